The minimum absolute atomic E-state index is 0.0298. The highest BCUT2D eigenvalue weighted by Gasteiger charge is 2.27. The van der Waals surface area contributed by atoms with Crippen molar-refractivity contribution in [3.05, 3.63) is 29.8 Å². The Morgan fingerprint density at radius 1 is 1.29 bits per heavy atom. The van der Waals surface area contributed by atoms with Crippen LogP contribution in [0.3, 0.4) is 0 Å². The number of rotatable bonds is 7. The average molecular weight is 290 g/mol. The molecule has 4 nitrogen and oxygen atoms in total. The summed E-state index contributed by atoms with van der Waals surface area (Å²) in [6.07, 6.45) is 4.35. The smallest absolute Gasteiger partial charge is 0.253 e. The summed E-state index contributed by atoms with van der Waals surface area (Å²) >= 11 is 0. The summed E-state index contributed by atoms with van der Waals surface area (Å²) in [6, 6.07) is 7.62. The zero-order valence-electron chi connectivity index (χ0n) is 12.8. The van der Waals surface area contributed by atoms with Crippen LogP contribution in [0.25, 0.3) is 0 Å². The first-order valence-corrected chi connectivity index (χ1v) is 7.98. The molecular formula is C17H26N2O2. The third-order valence-corrected chi connectivity index (χ3v) is 4.31. The summed E-state index contributed by atoms with van der Waals surface area (Å²) in [5, 5.41) is 15.7. The van der Waals surface area contributed by atoms with Gasteiger partial charge in [0.05, 0.1) is 5.56 Å². The van der Waals surface area contributed by atoms with Gasteiger partial charge in [-0.2, -0.15) is 0 Å². The van der Waals surface area contributed by atoms with E-state index in [1.807, 2.05) is 24.3 Å². The van der Waals surface area contributed by atoms with E-state index in [9.17, 15) is 9.90 Å². The third kappa shape index (κ3) is 4.21. The number of amides is 1. The lowest BCUT2D eigenvalue weighted by molar-refractivity contribution is 0.0938. The van der Waals surface area contributed by atoms with Crippen LogP contribution in [0, 0.1) is 11.8 Å². The molecular weight excluding hydrogens is 264 g/mol. The van der Waals surface area contributed by atoms with Gasteiger partial charge in [-0.15, -0.1) is 0 Å². The zero-order valence-corrected chi connectivity index (χ0v) is 12.8. The summed E-state index contributed by atoms with van der Waals surface area (Å²) in [4.78, 5) is 12.4. The number of nitrogens with one attached hydrogen (secondary N) is 2. The number of aliphatic hydroxyl groups excluding tert-OH is 1. The predicted molar refractivity (Wildman–Crippen MR) is 85.5 cm³/mol. The fourth-order valence-corrected chi connectivity index (χ4v) is 3.04. The molecule has 1 fully saturated rings. The fourth-order valence-electron chi connectivity index (χ4n) is 3.04. The van der Waals surface area contributed by atoms with Gasteiger partial charge in [0.1, 0.15) is 0 Å². The summed E-state index contributed by atoms with van der Waals surface area (Å²) in [5.74, 6) is 0.728. The second-order valence-corrected chi connectivity index (χ2v) is 5.82. The predicted octanol–water partition coefficient (Wildman–Crippen LogP) is 2.65. The first kappa shape index (κ1) is 15.8. The van der Waals surface area contributed by atoms with Gasteiger partial charge in [0, 0.05) is 25.4 Å². The molecule has 1 amide bonds. The molecule has 0 aliphatic heterocycles. The second-order valence-electron chi connectivity index (χ2n) is 5.82. The van der Waals surface area contributed by atoms with Gasteiger partial charge < -0.3 is 15.7 Å². The number of hydrogen-bond donors (Lipinski definition) is 3. The Bertz CT molecular complexity index is 462. The molecule has 0 heterocycles. The Morgan fingerprint density at radius 2 is 2.05 bits per heavy atom. The molecule has 116 valence electrons. The lowest BCUT2D eigenvalue weighted by Gasteiger charge is -2.18. The molecule has 0 bridgehead atoms. The van der Waals surface area contributed by atoms with Crippen LogP contribution < -0.4 is 10.6 Å². The molecule has 1 aliphatic rings. The average Bonchev–Trinajstić information content (AvgIpc) is 2.98. The van der Waals surface area contributed by atoms with Crippen LogP contribution >= 0.6 is 0 Å². The van der Waals surface area contributed by atoms with Crippen molar-refractivity contribution in [3.63, 3.8) is 0 Å². The molecule has 21 heavy (non-hydrogen) atoms. The van der Waals surface area contributed by atoms with Gasteiger partial charge >= 0.3 is 0 Å². The quantitative estimate of drug-likeness (QED) is 0.723. The first-order chi connectivity index (χ1) is 10.3. The molecule has 1 saturated carbocycles. The highest BCUT2D eigenvalue weighted by Crippen LogP contribution is 2.30. The van der Waals surface area contributed by atoms with E-state index in [1.165, 1.54) is 0 Å². The molecule has 0 aromatic heterocycles. The Labute approximate surface area is 126 Å². The van der Waals surface area contributed by atoms with E-state index in [2.05, 4.69) is 17.6 Å². The Morgan fingerprint density at radius 3 is 2.81 bits per heavy atom. The second kappa shape index (κ2) is 8.03. The number of aliphatic hydroxyl groups is 1. The largest absolute Gasteiger partial charge is 0.396 e. The van der Waals surface area contributed by atoms with Gasteiger partial charge in [0.25, 0.3) is 5.91 Å². The monoisotopic (exact) mass is 290 g/mol. The number of anilines is 1. The van der Waals surface area contributed by atoms with E-state index in [0.717, 1.165) is 37.9 Å². The molecule has 1 aliphatic carbocycles. The number of hydrogen-bond acceptors (Lipinski definition) is 3. The van der Waals surface area contributed by atoms with Gasteiger partial charge in [0.15, 0.2) is 0 Å². The van der Waals surface area contributed by atoms with Crippen LogP contribution in [-0.2, 0) is 0 Å². The van der Waals surface area contributed by atoms with Crippen LogP contribution in [0.15, 0.2) is 24.3 Å². The van der Waals surface area contributed by atoms with E-state index < -0.39 is 0 Å². The van der Waals surface area contributed by atoms with E-state index in [1.54, 1.807) is 0 Å². The van der Waals surface area contributed by atoms with Gasteiger partial charge in [-0.3, -0.25) is 4.79 Å². The van der Waals surface area contributed by atoms with Crippen LogP contribution in [-0.4, -0.2) is 30.7 Å². The molecule has 3 N–H and O–H groups in total. The number of benzene rings is 1. The Balaban J connectivity index is 1.94. The number of para-hydroxylation sites is 1. The normalized spacial score (nSPS) is 21.2. The number of carbonyl (C=O) groups is 1. The van der Waals surface area contributed by atoms with E-state index in [-0.39, 0.29) is 12.5 Å². The minimum Gasteiger partial charge on any atom is -0.396 e. The van der Waals surface area contributed by atoms with Crippen molar-refractivity contribution >= 4 is 11.6 Å². The van der Waals surface area contributed by atoms with Crippen LogP contribution in [0.1, 0.15) is 43.0 Å². The summed E-state index contributed by atoms with van der Waals surface area (Å²) < 4.78 is 0. The molecule has 2 atom stereocenters. The van der Waals surface area contributed by atoms with Crippen LogP contribution in [0.2, 0.25) is 0 Å². The molecule has 1 aromatic carbocycles. The molecule has 4 heteroatoms. The maximum atomic E-state index is 12.4. The van der Waals surface area contributed by atoms with Gasteiger partial charge in [-0.05, 0) is 43.2 Å². The molecule has 0 radical (unpaired) electrons. The summed E-state index contributed by atoms with van der Waals surface area (Å²) in [5.41, 5.74) is 1.59. The molecule has 1 aromatic rings. The summed E-state index contributed by atoms with van der Waals surface area (Å²) in [6.45, 7) is 3.85. The Hall–Kier alpha value is -1.55. The van der Waals surface area contributed by atoms with Crippen molar-refractivity contribution in [2.45, 2.75) is 32.6 Å². The van der Waals surface area contributed by atoms with Crippen molar-refractivity contribution in [2.75, 3.05) is 25.0 Å². The molecule has 0 spiro atoms. The molecule has 0 saturated heterocycles. The molecule has 2 rings (SSSR count). The van der Waals surface area contributed by atoms with Crippen molar-refractivity contribution in [2.24, 2.45) is 11.8 Å². The lowest BCUT2D eigenvalue weighted by Crippen LogP contribution is -2.32. The van der Waals surface area contributed by atoms with Crippen LogP contribution in [0.4, 0.5) is 5.69 Å². The summed E-state index contributed by atoms with van der Waals surface area (Å²) in [7, 11) is 0. The highest BCUT2D eigenvalue weighted by molar-refractivity contribution is 5.99. The fraction of sp³-hybridized carbons (Fsp3) is 0.588. The van der Waals surface area contributed by atoms with Gasteiger partial charge in [-0.25, -0.2) is 0 Å². The Kier molecular flexibility index (Phi) is 6.05. The van der Waals surface area contributed by atoms with Crippen molar-refractivity contribution < 1.29 is 9.90 Å². The number of carbonyl (C=O) groups excluding carboxylic acids is 1. The standard InChI is InChI=1S/C17H26N2O2/c1-2-10-18-16-9-4-3-8-15(16)17(21)19-11-13-6-5-7-14(13)12-20/h3-4,8-9,13-14,18,20H,2,5-7,10-12H2,1H3,(H,19,21). The van der Waals surface area contributed by atoms with Crippen molar-refractivity contribution in [1.82, 2.24) is 5.32 Å². The first-order valence-electron chi connectivity index (χ1n) is 7.98. The molecule has 2 unspecified atom stereocenters. The van der Waals surface area contributed by atoms with Gasteiger partial charge in [-0.1, -0.05) is 25.5 Å². The van der Waals surface area contributed by atoms with E-state index in [4.69, 9.17) is 0 Å². The topological polar surface area (TPSA) is 61.4 Å². The maximum Gasteiger partial charge on any atom is 0.253 e. The SMILES string of the molecule is CCCNc1ccccc1C(=O)NCC1CCCC1CO. The van der Waals surface area contributed by atoms with E-state index >= 15 is 0 Å². The highest BCUT2D eigenvalue weighted by atomic mass is 16.3. The zero-order chi connectivity index (χ0) is 15.1. The van der Waals surface area contributed by atoms with Crippen molar-refractivity contribution in [1.29, 1.82) is 0 Å². The maximum absolute atomic E-state index is 12.4. The van der Waals surface area contributed by atoms with E-state index in [0.29, 0.717) is 23.9 Å². The van der Waals surface area contributed by atoms with Gasteiger partial charge in [0.2, 0.25) is 0 Å². The third-order valence-electron chi connectivity index (χ3n) is 4.31. The van der Waals surface area contributed by atoms with Crippen molar-refractivity contribution in [3.8, 4) is 0 Å². The lowest BCUT2D eigenvalue weighted by atomic mass is 9.97. The minimum atomic E-state index is -0.0298. The van der Waals surface area contributed by atoms with Crippen LogP contribution in [0.5, 0.6) is 0 Å².